The third-order valence-corrected chi connectivity index (χ3v) is 2.98. The van der Waals surface area contributed by atoms with Crippen molar-refractivity contribution in [2.45, 2.75) is 52.6 Å². The maximum absolute atomic E-state index is 5.50. The molecule has 0 saturated heterocycles. The molecule has 2 unspecified atom stereocenters. The lowest BCUT2D eigenvalue weighted by Crippen LogP contribution is -2.21. The van der Waals surface area contributed by atoms with Gasteiger partial charge >= 0.3 is 0 Å². The van der Waals surface area contributed by atoms with Crippen molar-refractivity contribution < 1.29 is 9.26 Å². The summed E-state index contributed by atoms with van der Waals surface area (Å²) in [4.78, 5) is 4.46. The number of nitrogens with zero attached hydrogens (tertiary/aromatic N) is 2. The van der Waals surface area contributed by atoms with Crippen LogP contribution in [0.5, 0.6) is 0 Å². The van der Waals surface area contributed by atoms with Gasteiger partial charge in [-0.05, 0) is 24.8 Å². The number of hydrogen-bond acceptors (Lipinski definition) is 5. The van der Waals surface area contributed by atoms with E-state index in [0.717, 1.165) is 12.8 Å². The highest BCUT2D eigenvalue weighted by atomic mass is 16.5. The Balaban J connectivity index is 2.78. The van der Waals surface area contributed by atoms with E-state index < -0.39 is 0 Å². The highest BCUT2D eigenvalue weighted by Crippen LogP contribution is 2.34. The number of aromatic nitrogens is 2. The van der Waals surface area contributed by atoms with Crippen molar-refractivity contribution in [2.24, 2.45) is 11.1 Å². The zero-order valence-corrected chi connectivity index (χ0v) is 12.1. The molecule has 104 valence electrons. The summed E-state index contributed by atoms with van der Waals surface area (Å²) >= 11 is 0. The van der Waals surface area contributed by atoms with Crippen LogP contribution in [0.15, 0.2) is 4.52 Å². The molecule has 2 atom stereocenters. The molecule has 0 saturated carbocycles. The minimum atomic E-state index is -0.156. The number of nitrogens with two attached hydrogens (primary N) is 1. The van der Waals surface area contributed by atoms with Crippen LogP contribution in [0.1, 0.15) is 64.3 Å². The van der Waals surface area contributed by atoms with Gasteiger partial charge in [-0.1, -0.05) is 32.9 Å². The molecular formula is C13H25N3O2. The Labute approximate surface area is 109 Å². The molecule has 1 aromatic rings. The van der Waals surface area contributed by atoms with Gasteiger partial charge in [-0.2, -0.15) is 4.98 Å². The van der Waals surface area contributed by atoms with E-state index in [1.807, 2.05) is 0 Å². The minimum absolute atomic E-state index is 0.0591. The van der Waals surface area contributed by atoms with E-state index in [1.54, 1.807) is 7.11 Å². The average Bonchev–Trinajstić information content (AvgIpc) is 2.74. The Hall–Kier alpha value is -0.940. The quantitative estimate of drug-likeness (QED) is 0.845. The first-order valence-corrected chi connectivity index (χ1v) is 6.46. The van der Waals surface area contributed by atoms with Crippen LogP contribution >= 0.6 is 0 Å². The Bertz CT molecular complexity index is 357. The molecule has 0 radical (unpaired) electrons. The van der Waals surface area contributed by atoms with Gasteiger partial charge in [-0.3, -0.25) is 0 Å². The molecule has 1 aromatic heterocycles. The first-order valence-electron chi connectivity index (χ1n) is 6.46. The predicted octanol–water partition coefficient (Wildman–Crippen LogP) is 2.65. The van der Waals surface area contributed by atoms with Crippen LogP contribution in [0.4, 0.5) is 0 Å². The van der Waals surface area contributed by atoms with Gasteiger partial charge in [0.05, 0.1) is 0 Å². The zero-order chi connectivity index (χ0) is 13.8. The molecule has 0 spiro atoms. The molecule has 5 heteroatoms. The van der Waals surface area contributed by atoms with E-state index in [1.165, 1.54) is 0 Å². The van der Waals surface area contributed by atoms with Gasteiger partial charge in [0.15, 0.2) is 0 Å². The third kappa shape index (κ3) is 3.78. The summed E-state index contributed by atoms with van der Waals surface area (Å²) in [6.45, 7) is 9.04. The predicted molar refractivity (Wildman–Crippen MR) is 70.2 cm³/mol. The largest absolute Gasteiger partial charge is 0.373 e. The molecule has 5 nitrogen and oxygen atoms in total. The van der Waals surface area contributed by atoms with Gasteiger partial charge in [0.2, 0.25) is 11.7 Å². The van der Waals surface area contributed by atoms with Gasteiger partial charge in [0.25, 0.3) is 0 Å². The molecule has 18 heavy (non-hydrogen) atoms. The minimum Gasteiger partial charge on any atom is -0.373 e. The first kappa shape index (κ1) is 15.1. The van der Waals surface area contributed by atoms with Crippen LogP contribution in [0.2, 0.25) is 0 Å². The van der Waals surface area contributed by atoms with Crippen molar-refractivity contribution in [2.75, 3.05) is 13.7 Å². The van der Waals surface area contributed by atoms with E-state index >= 15 is 0 Å². The summed E-state index contributed by atoms with van der Waals surface area (Å²) in [5.74, 6) is 1.54. The van der Waals surface area contributed by atoms with E-state index in [-0.39, 0.29) is 17.4 Å². The van der Waals surface area contributed by atoms with Crippen LogP contribution in [0, 0.1) is 5.41 Å². The number of ether oxygens (including phenoxy) is 1. The fourth-order valence-electron chi connectivity index (χ4n) is 1.95. The lowest BCUT2D eigenvalue weighted by Gasteiger charge is -2.26. The van der Waals surface area contributed by atoms with Crippen LogP contribution in [0.3, 0.4) is 0 Å². The molecule has 1 heterocycles. The molecule has 0 aromatic carbocycles. The Morgan fingerprint density at radius 3 is 2.56 bits per heavy atom. The Morgan fingerprint density at radius 1 is 1.39 bits per heavy atom. The third-order valence-electron chi connectivity index (χ3n) is 2.98. The fourth-order valence-corrected chi connectivity index (χ4v) is 1.95. The van der Waals surface area contributed by atoms with Crippen LogP contribution < -0.4 is 5.73 Å². The van der Waals surface area contributed by atoms with Gasteiger partial charge in [-0.15, -0.1) is 0 Å². The molecule has 0 amide bonds. The molecule has 1 rings (SSSR count). The summed E-state index contributed by atoms with van der Waals surface area (Å²) in [6.07, 6.45) is 1.77. The van der Waals surface area contributed by atoms with E-state index in [9.17, 15) is 0 Å². The summed E-state index contributed by atoms with van der Waals surface area (Å²) in [5, 5.41) is 4.04. The van der Waals surface area contributed by atoms with Crippen LogP contribution in [-0.2, 0) is 4.74 Å². The molecule has 0 aliphatic rings. The van der Waals surface area contributed by atoms with Crippen molar-refractivity contribution in [3.63, 3.8) is 0 Å². The monoisotopic (exact) mass is 255 g/mol. The van der Waals surface area contributed by atoms with Gasteiger partial charge in [-0.25, -0.2) is 0 Å². The van der Waals surface area contributed by atoms with Gasteiger partial charge in [0.1, 0.15) is 6.10 Å². The highest BCUT2D eigenvalue weighted by Gasteiger charge is 2.31. The van der Waals surface area contributed by atoms with Crippen molar-refractivity contribution in [1.82, 2.24) is 10.1 Å². The summed E-state index contributed by atoms with van der Waals surface area (Å²) in [5.41, 5.74) is 5.44. The zero-order valence-electron chi connectivity index (χ0n) is 12.1. The van der Waals surface area contributed by atoms with Gasteiger partial charge < -0.3 is 15.0 Å². The second-order valence-electron chi connectivity index (χ2n) is 5.80. The van der Waals surface area contributed by atoms with Crippen molar-refractivity contribution in [3.05, 3.63) is 11.7 Å². The summed E-state index contributed by atoms with van der Waals surface area (Å²) in [7, 11) is 1.67. The Morgan fingerprint density at radius 2 is 2.06 bits per heavy atom. The topological polar surface area (TPSA) is 74.2 Å². The lowest BCUT2D eigenvalue weighted by atomic mass is 9.88. The smallest absolute Gasteiger partial charge is 0.229 e. The molecule has 0 aliphatic carbocycles. The molecule has 0 bridgehead atoms. The normalized spacial score (nSPS) is 15.7. The fraction of sp³-hybridized carbons (Fsp3) is 0.846. The number of hydrogen-bond donors (Lipinski definition) is 1. The van der Waals surface area contributed by atoms with Crippen LogP contribution in [-0.4, -0.2) is 23.8 Å². The summed E-state index contributed by atoms with van der Waals surface area (Å²) < 4.78 is 10.8. The number of methoxy groups -OCH3 is 1. The van der Waals surface area contributed by atoms with Crippen molar-refractivity contribution in [1.29, 1.82) is 0 Å². The molecule has 0 aliphatic heterocycles. The maximum Gasteiger partial charge on any atom is 0.229 e. The van der Waals surface area contributed by atoms with E-state index in [0.29, 0.717) is 18.3 Å². The average molecular weight is 255 g/mol. The second-order valence-corrected chi connectivity index (χ2v) is 5.80. The first-order chi connectivity index (χ1) is 8.40. The second kappa shape index (κ2) is 6.29. The highest BCUT2D eigenvalue weighted by molar-refractivity contribution is 4.99. The summed E-state index contributed by atoms with van der Waals surface area (Å²) in [6, 6.07) is 0. The van der Waals surface area contributed by atoms with Gasteiger partial charge in [0, 0.05) is 13.0 Å². The molecule has 2 N–H and O–H groups in total. The Kier molecular flexibility index (Phi) is 5.28. The number of rotatable bonds is 6. The van der Waals surface area contributed by atoms with Crippen molar-refractivity contribution in [3.8, 4) is 0 Å². The van der Waals surface area contributed by atoms with E-state index in [4.69, 9.17) is 15.0 Å². The maximum atomic E-state index is 5.50. The molecule has 0 fully saturated rings. The van der Waals surface area contributed by atoms with Crippen molar-refractivity contribution >= 4 is 0 Å². The standard InChI is InChI=1S/C13H25N3O2/c1-9(7-6-8-14)12-15-11(16-18-12)10(17-5)13(2,3)4/h9-10H,6-8,14H2,1-5H3. The SMILES string of the molecule is COC(c1noc(C(C)CCCN)n1)C(C)(C)C. The van der Waals surface area contributed by atoms with E-state index in [2.05, 4.69) is 37.8 Å². The van der Waals surface area contributed by atoms with Crippen LogP contribution in [0.25, 0.3) is 0 Å². The lowest BCUT2D eigenvalue weighted by molar-refractivity contribution is 0.00718. The molecular weight excluding hydrogens is 230 g/mol.